The smallest absolute Gasteiger partial charge is 0.224 e. The lowest BCUT2D eigenvalue weighted by Crippen LogP contribution is -2.62. The minimum atomic E-state index is -4.90. The van der Waals surface area contributed by atoms with E-state index >= 15 is 0 Å². The molecule has 0 spiro atoms. The number of hydrogen-bond acceptors (Lipinski definition) is 11. The number of hydrogen-bond donors (Lipinski definition) is 8. The van der Waals surface area contributed by atoms with Gasteiger partial charge in [0.15, 0.2) is 6.27 Å². The van der Waals surface area contributed by atoms with E-state index in [-0.39, 0.29) is 0 Å². The van der Waals surface area contributed by atoms with Crippen LogP contribution in [-0.4, -0.2) is 127 Å². The summed E-state index contributed by atoms with van der Waals surface area (Å²) in [6.45, 7) is -13.1. The molecular formula is C12H22O11. The van der Waals surface area contributed by atoms with Gasteiger partial charge in [0, 0.05) is 0 Å². The minimum absolute atomic E-state index is 3.66. The Morgan fingerprint density at radius 3 is 2.39 bits per heavy atom. The van der Waals surface area contributed by atoms with Crippen molar-refractivity contribution in [3.63, 3.8) is 0 Å². The Bertz CT molecular complexity index is 1110. The Balaban J connectivity index is 3.24. The molecule has 0 bridgehead atoms. The lowest BCUT2D eigenvalue weighted by molar-refractivity contribution is -0.383. The van der Waals surface area contributed by atoms with E-state index in [9.17, 15) is 0 Å². The van der Waals surface area contributed by atoms with Gasteiger partial charge >= 0.3 is 0 Å². The van der Waals surface area contributed by atoms with Crippen LogP contribution in [0.15, 0.2) is 0 Å². The minimum Gasteiger partial charge on any atom is -0.394 e. The van der Waals surface area contributed by atoms with Crippen molar-refractivity contribution in [1.82, 2.24) is 0 Å². The first kappa shape index (κ1) is 5.05. The van der Waals surface area contributed by atoms with Crippen LogP contribution in [0, 0.1) is 0 Å². The maximum absolute atomic E-state index is 8.71. The second-order valence-corrected chi connectivity index (χ2v) is 3.82. The van der Waals surface area contributed by atoms with Crippen LogP contribution in [0.1, 0.15) is 19.2 Å². The highest BCUT2D eigenvalue weighted by molar-refractivity contribution is 4.98. The van der Waals surface area contributed by atoms with Gasteiger partial charge in [-0.1, -0.05) is 0 Å². The standard InChI is InChI=1S/C12H22O11/c13-1-4-6(16)8(18)9(19)11(21-4)23-12(3-15)10(20)7(17)5(2-14)22-12/h4-11,13-20H,1-3H2/t4-,5-,6-,7-,8+,9-,10+,11-,12+/m1/s1/i1D2,2D2,3D2,4D,5D,6D,7D,8D,9D,10D,11D,13D,14D,15D,16D,17D,18D,19D,20D. The molecule has 23 heavy (non-hydrogen) atoms. The zero-order valence-electron chi connectivity index (χ0n) is 32.5. The summed E-state index contributed by atoms with van der Waals surface area (Å²) in [5.74, 6) is -4.85. The lowest BCUT2D eigenvalue weighted by Gasteiger charge is -2.43. The van der Waals surface area contributed by atoms with Crippen LogP contribution in [0.4, 0.5) is 0 Å². The van der Waals surface area contributed by atoms with Crippen LogP contribution in [0.3, 0.4) is 0 Å². The van der Waals surface area contributed by atoms with Crippen LogP contribution >= 0.6 is 0 Å². The zero-order chi connectivity index (χ0) is 35.8. The largest absolute Gasteiger partial charge is 0.394 e. The summed E-state index contributed by atoms with van der Waals surface area (Å²) >= 11 is 0. The second kappa shape index (κ2) is 7.21. The van der Waals surface area contributed by atoms with E-state index in [0.717, 1.165) is 0 Å². The van der Waals surface area contributed by atoms with Gasteiger partial charge in [-0.3, -0.25) is 0 Å². The topological polar surface area (TPSA) is 190 Å². The molecule has 0 unspecified atom stereocenters. The van der Waals surface area contributed by atoms with E-state index in [1.807, 2.05) is 0 Å². The van der Waals surface area contributed by atoms with Crippen molar-refractivity contribution >= 4 is 0 Å². The van der Waals surface area contributed by atoms with E-state index in [2.05, 4.69) is 45.6 Å². The van der Waals surface area contributed by atoms with Crippen molar-refractivity contribution in [2.45, 2.75) is 54.6 Å². The highest BCUT2D eigenvalue weighted by Crippen LogP contribution is 2.35. The Labute approximate surface area is 162 Å². The number of aliphatic hydroxyl groups is 8. The monoisotopic (exact) mass is 364 g/mol. The van der Waals surface area contributed by atoms with Crippen molar-refractivity contribution < 1.29 is 74.3 Å². The third-order valence-corrected chi connectivity index (χ3v) is 2.51. The summed E-state index contributed by atoms with van der Waals surface area (Å²) in [5, 5.41) is 30.6. The van der Waals surface area contributed by atoms with Crippen molar-refractivity contribution in [3.8, 4) is 0 Å². The number of rotatable bonds is 13. The molecule has 0 saturated carbocycles. The second-order valence-electron chi connectivity index (χ2n) is 3.82. The molecule has 8 N–H and O–H groups in total. The third kappa shape index (κ3) is 3.23. The molecule has 11 heteroatoms. The van der Waals surface area contributed by atoms with E-state index < -0.39 is 74.3 Å². The van der Waals surface area contributed by atoms with E-state index in [1.165, 1.54) is 0 Å². The molecule has 136 valence electrons. The molecule has 2 heterocycles. The van der Waals surface area contributed by atoms with Crippen LogP contribution in [0.2, 0.25) is 0 Å². The third-order valence-electron chi connectivity index (χ3n) is 2.51. The fourth-order valence-electron chi connectivity index (χ4n) is 1.46. The fourth-order valence-corrected chi connectivity index (χ4v) is 1.46. The quantitative estimate of drug-likeness (QED) is 0.156. The summed E-state index contributed by atoms with van der Waals surface area (Å²) in [4.78, 5) is 0. The maximum Gasteiger partial charge on any atom is 0.224 e. The highest BCUT2D eigenvalue weighted by atomic mass is 16.8. The molecule has 0 amide bonds. The van der Waals surface area contributed by atoms with Crippen molar-refractivity contribution in [2.75, 3.05) is 19.7 Å². The Hall–Kier alpha value is -0.440. The summed E-state index contributed by atoms with van der Waals surface area (Å²) in [5.41, 5.74) is 0. The van der Waals surface area contributed by atoms with Gasteiger partial charge < -0.3 is 55.1 Å². The van der Waals surface area contributed by atoms with E-state index in [1.54, 1.807) is 0 Å². The molecule has 0 aromatic heterocycles. The van der Waals surface area contributed by atoms with Crippen LogP contribution in [-0.2, 0) is 14.2 Å². The number of ether oxygens (including phenoxy) is 3. The Morgan fingerprint density at radius 2 is 1.74 bits per heavy atom. The molecule has 9 atom stereocenters. The summed E-state index contributed by atoms with van der Waals surface area (Å²) < 4.78 is 187. The van der Waals surface area contributed by atoms with E-state index in [4.69, 9.17) is 40.1 Å². The van der Waals surface area contributed by atoms with E-state index in [0.29, 0.717) is 0 Å². The van der Waals surface area contributed by atoms with Gasteiger partial charge in [0.25, 0.3) is 0 Å². The van der Waals surface area contributed by atoms with Gasteiger partial charge in [0.05, 0.1) is 32.3 Å². The normalized spacial score (nSPS) is 92.0. The summed E-state index contributed by atoms with van der Waals surface area (Å²) in [6.07, 6.45) is -36.6. The molecule has 0 aromatic carbocycles. The van der Waals surface area contributed by atoms with Gasteiger partial charge in [0.2, 0.25) is 17.2 Å². The molecule has 11 nitrogen and oxygen atoms in total. The zero-order valence-corrected chi connectivity index (χ0v) is 10.5. The van der Waals surface area contributed by atoms with Gasteiger partial charge in [-0.2, -0.15) is 0 Å². The molecule has 2 aliphatic heterocycles. The Kier molecular flexibility index (Phi) is 1.58. The molecule has 0 aromatic rings. The average molecular weight is 364 g/mol. The molecule has 0 radical (unpaired) electrons. The van der Waals surface area contributed by atoms with Crippen molar-refractivity contribution in [3.05, 3.63) is 0 Å². The lowest BCUT2D eigenvalue weighted by atomic mass is 9.99. The van der Waals surface area contributed by atoms with Gasteiger partial charge in [-0.05, 0) is 0 Å². The molecule has 2 fully saturated rings. The maximum atomic E-state index is 8.71. The highest BCUT2D eigenvalue weighted by Gasteiger charge is 2.58. The molecule has 2 saturated heterocycles. The predicted octanol–water partition coefficient (Wildman–Crippen LogP) is -5.40. The summed E-state index contributed by atoms with van der Waals surface area (Å²) in [6, 6.07) is 0. The molecule has 0 aliphatic carbocycles. The predicted molar refractivity (Wildman–Crippen MR) is 68.6 cm³/mol. The van der Waals surface area contributed by atoms with Gasteiger partial charge in [-0.25, -0.2) is 0 Å². The molecular weight excluding hydrogens is 320 g/mol. The van der Waals surface area contributed by atoms with Gasteiger partial charge in [0.1, 0.15) is 49.1 Å². The fraction of sp³-hybridized carbons (Fsp3) is 1.00. The average Bonchev–Trinajstić information content (AvgIpc) is 3.16. The summed E-state index contributed by atoms with van der Waals surface area (Å²) in [7, 11) is 0. The van der Waals surface area contributed by atoms with Gasteiger partial charge in [-0.15, -0.1) is 0 Å². The first-order valence-electron chi connectivity index (χ1n) is 15.6. The first-order valence-corrected chi connectivity index (χ1v) is 5.36. The van der Waals surface area contributed by atoms with Crippen molar-refractivity contribution in [1.29, 1.82) is 11.4 Å². The Morgan fingerprint density at radius 1 is 0.957 bits per heavy atom. The molecule has 2 rings (SSSR count). The van der Waals surface area contributed by atoms with Crippen LogP contribution in [0.25, 0.3) is 0 Å². The van der Waals surface area contributed by atoms with Crippen molar-refractivity contribution in [2.24, 2.45) is 0 Å². The van der Waals surface area contributed by atoms with Crippen LogP contribution < -0.4 is 0 Å². The van der Waals surface area contributed by atoms with Crippen LogP contribution in [0.5, 0.6) is 0 Å². The first-order chi connectivity index (χ1) is 20.1. The SMILES string of the molecule is [2H]OC([2H])([2H])[C@@]1(O[C@@]2([2H])O[C@]([2H])(C([2H])([2H])O[2H])[C@@]([2H])(O[2H])[C@]([2H])(O[2H])[C@@]2([2H])O[2H])O[C@]([2H])(C([2H])([2H])O[2H])[C@@]([2H])(O[2H])[C@]1([2H])O[2H]. The molecule has 2 aliphatic rings.